The summed E-state index contributed by atoms with van der Waals surface area (Å²) >= 11 is 0. The molecule has 0 amide bonds. The van der Waals surface area contributed by atoms with Crippen LogP contribution in [0.4, 0.5) is 0 Å². The Kier molecular flexibility index (Phi) is 2.57. The summed E-state index contributed by atoms with van der Waals surface area (Å²) in [5.74, 6) is 0. The second-order valence-corrected chi connectivity index (χ2v) is 1.96. The van der Waals surface area contributed by atoms with Crippen LogP contribution < -0.4 is 0 Å². The van der Waals surface area contributed by atoms with E-state index in [-0.39, 0.29) is 0 Å². The van der Waals surface area contributed by atoms with Gasteiger partial charge in [-0.05, 0) is 12.1 Å². The Bertz CT molecular complexity index is 235. The number of pyridine rings is 1. The topological polar surface area (TPSA) is 65.7 Å². The Labute approximate surface area is 63.8 Å². The second kappa shape index (κ2) is 3.68. The Morgan fingerprint density at radius 1 is 1.55 bits per heavy atom. The molecule has 0 bridgehead atoms. The summed E-state index contributed by atoms with van der Waals surface area (Å²) in [5, 5.41) is 19.9. The molecule has 58 valence electrons. The van der Waals surface area contributed by atoms with E-state index < -0.39 is 6.10 Å². The van der Waals surface area contributed by atoms with E-state index in [4.69, 9.17) is 10.3 Å². The van der Waals surface area contributed by atoms with Gasteiger partial charge < -0.3 is 10.3 Å². The number of oxime groups is 1. The van der Waals surface area contributed by atoms with E-state index in [1.165, 1.54) is 0 Å². The fourth-order valence-corrected chi connectivity index (χ4v) is 0.690. The van der Waals surface area contributed by atoms with Crippen LogP contribution in [0.1, 0.15) is 11.8 Å². The average molecular weight is 152 g/mol. The summed E-state index contributed by atoms with van der Waals surface area (Å²) < 4.78 is 0. The Hall–Kier alpha value is -1.42. The van der Waals surface area contributed by atoms with Gasteiger partial charge in [-0.15, -0.1) is 0 Å². The van der Waals surface area contributed by atoms with Crippen molar-refractivity contribution in [1.82, 2.24) is 4.98 Å². The first kappa shape index (κ1) is 7.68. The molecule has 1 aromatic rings. The zero-order valence-electron chi connectivity index (χ0n) is 5.75. The molecule has 1 unspecified atom stereocenters. The molecule has 0 radical (unpaired) electrons. The van der Waals surface area contributed by atoms with Crippen molar-refractivity contribution in [2.24, 2.45) is 5.16 Å². The van der Waals surface area contributed by atoms with Crippen molar-refractivity contribution in [3.8, 4) is 0 Å². The van der Waals surface area contributed by atoms with E-state index in [1.54, 1.807) is 24.4 Å². The average Bonchev–Trinajstić information content (AvgIpc) is 2.07. The first-order chi connectivity index (χ1) is 5.34. The molecule has 0 saturated heterocycles. The van der Waals surface area contributed by atoms with Gasteiger partial charge in [-0.1, -0.05) is 11.2 Å². The zero-order chi connectivity index (χ0) is 8.10. The molecule has 1 rings (SSSR count). The molecule has 4 nitrogen and oxygen atoms in total. The van der Waals surface area contributed by atoms with Crippen LogP contribution in [0.3, 0.4) is 0 Å². The van der Waals surface area contributed by atoms with E-state index in [9.17, 15) is 0 Å². The number of aliphatic hydroxyl groups excluding tert-OH is 1. The monoisotopic (exact) mass is 152 g/mol. The summed E-state index contributed by atoms with van der Waals surface area (Å²) in [6.45, 7) is 0. The number of rotatable bonds is 2. The molecule has 0 fully saturated rings. The largest absolute Gasteiger partial charge is 0.411 e. The first-order valence-corrected chi connectivity index (χ1v) is 3.11. The van der Waals surface area contributed by atoms with Crippen molar-refractivity contribution in [3.63, 3.8) is 0 Å². The lowest BCUT2D eigenvalue weighted by Crippen LogP contribution is -2.00. The standard InChI is InChI=1S/C7H8N2O2/c10-7(5-9-11)6-3-1-2-4-8-6/h1-5,7,10-11H/b9-5+. The lowest BCUT2D eigenvalue weighted by atomic mass is 10.2. The van der Waals surface area contributed by atoms with Gasteiger partial charge in [-0.2, -0.15) is 0 Å². The number of aliphatic hydroxyl groups is 1. The third-order valence-corrected chi connectivity index (χ3v) is 1.20. The fourth-order valence-electron chi connectivity index (χ4n) is 0.690. The first-order valence-electron chi connectivity index (χ1n) is 3.11. The molecule has 0 aliphatic heterocycles. The Morgan fingerprint density at radius 2 is 2.36 bits per heavy atom. The van der Waals surface area contributed by atoms with Gasteiger partial charge in [0.2, 0.25) is 0 Å². The molecule has 0 spiro atoms. The molecule has 4 heteroatoms. The van der Waals surface area contributed by atoms with Gasteiger partial charge in [-0.3, -0.25) is 4.98 Å². The summed E-state index contributed by atoms with van der Waals surface area (Å²) in [4.78, 5) is 3.84. The lowest BCUT2D eigenvalue weighted by Gasteiger charge is -2.00. The highest BCUT2D eigenvalue weighted by Gasteiger charge is 2.03. The molecule has 1 heterocycles. The molecule has 0 saturated carbocycles. The predicted molar refractivity (Wildman–Crippen MR) is 39.5 cm³/mol. The van der Waals surface area contributed by atoms with E-state index >= 15 is 0 Å². The van der Waals surface area contributed by atoms with Crippen LogP contribution in [0, 0.1) is 0 Å². The number of hydrogen-bond donors (Lipinski definition) is 2. The minimum absolute atomic E-state index is 0.463. The number of hydrogen-bond acceptors (Lipinski definition) is 4. The summed E-state index contributed by atoms with van der Waals surface area (Å²) in [6, 6.07) is 5.13. The number of nitrogens with zero attached hydrogens (tertiary/aromatic N) is 2. The zero-order valence-corrected chi connectivity index (χ0v) is 5.75. The normalized spacial score (nSPS) is 13.5. The van der Waals surface area contributed by atoms with Crippen molar-refractivity contribution >= 4 is 6.21 Å². The van der Waals surface area contributed by atoms with Crippen molar-refractivity contribution in [2.45, 2.75) is 6.10 Å². The van der Waals surface area contributed by atoms with Gasteiger partial charge in [0.25, 0.3) is 0 Å². The minimum Gasteiger partial charge on any atom is -0.411 e. The van der Waals surface area contributed by atoms with E-state index in [2.05, 4.69) is 10.1 Å². The maximum atomic E-state index is 9.15. The minimum atomic E-state index is -0.929. The van der Waals surface area contributed by atoms with Crippen LogP contribution in [-0.4, -0.2) is 21.5 Å². The third-order valence-electron chi connectivity index (χ3n) is 1.20. The van der Waals surface area contributed by atoms with E-state index in [0.717, 1.165) is 6.21 Å². The van der Waals surface area contributed by atoms with Crippen LogP contribution in [0.15, 0.2) is 29.6 Å². The van der Waals surface area contributed by atoms with Gasteiger partial charge in [0, 0.05) is 6.20 Å². The highest BCUT2D eigenvalue weighted by atomic mass is 16.4. The highest BCUT2D eigenvalue weighted by Crippen LogP contribution is 2.04. The fraction of sp³-hybridized carbons (Fsp3) is 0.143. The summed E-state index contributed by atoms with van der Waals surface area (Å²) in [5.41, 5.74) is 0.463. The van der Waals surface area contributed by atoms with Crippen molar-refractivity contribution in [1.29, 1.82) is 0 Å². The van der Waals surface area contributed by atoms with Crippen LogP contribution in [0.25, 0.3) is 0 Å². The third kappa shape index (κ3) is 2.01. The number of aromatic nitrogens is 1. The van der Waals surface area contributed by atoms with Gasteiger partial charge >= 0.3 is 0 Å². The molecular formula is C7H8N2O2. The molecular weight excluding hydrogens is 144 g/mol. The van der Waals surface area contributed by atoms with E-state index in [1.807, 2.05) is 0 Å². The predicted octanol–water partition coefficient (Wildman–Crippen LogP) is 0.575. The van der Waals surface area contributed by atoms with Crippen LogP contribution in [0.2, 0.25) is 0 Å². The quantitative estimate of drug-likeness (QED) is 0.370. The molecule has 1 atom stereocenters. The lowest BCUT2D eigenvalue weighted by molar-refractivity contribution is 0.237. The maximum absolute atomic E-state index is 9.15. The molecule has 2 N–H and O–H groups in total. The van der Waals surface area contributed by atoms with Gasteiger partial charge in [0.1, 0.15) is 6.10 Å². The van der Waals surface area contributed by atoms with Crippen LogP contribution in [0.5, 0.6) is 0 Å². The summed E-state index contributed by atoms with van der Waals surface area (Å²) in [7, 11) is 0. The SMILES string of the molecule is O/N=C/C(O)c1ccccn1. The van der Waals surface area contributed by atoms with Gasteiger partial charge in [0.05, 0.1) is 11.9 Å². The molecule has 0 aromatic carbocycles. The summed E-state index contributed by atoms with van der Waals surface area (Å²) in [6.07, 6.45) is 1.63. The van der Waals surface area contributed by atoms with Crippen molar-refractivity contribution < 1.29 is 10.3 Å². The van der Waals surface area contributed by atoms with Crippen molar-refractivity contribution in [3.05, 3.63) is 30.1 Å². The maximum Gasteiger partial charge on any atom is 0.134 e. The second-order valence-electron chi connectivity index (χ2n) is 1.96. The van der Waals surface area contributed by atoms with Gasteiger partial charge in [0.15, 0.2) is 0 Å². The van der Waals surface area contributed by atoms with Gasteiger partial charge in [-0.25, -0.2) is 0 Å². The molecule has 0 aliphatic rings. The highest BCUT2D eigenvalue weighted by molar-refractivity contribution is 5.63. The Morgan fingerprint density at radius 3 is 2.91 bits per heavy atom. The Balaban J connectivity index is 2.76. The van der Waals surface area contributed by atoms with Crippen molar-refractivity contribution in [2.75, 3.05) is 0 Å². The molecule has 11 heavy (non-hydrogen) atoms. The molecule has 1 aromatic heterocycles. The van der Waals surface area contributed by atoms with Crippen LogP contribution >= 0.6 is 0 Å². The van der Waals surface area contributed by atoms with E-state index in [0.29, 0.717) is 5.69 Å². The smallest absolute Gasteiger partial charge is 0.134 e. The molecule has 0 aliphatic carbocycles. The van der Waals surface area contributed by atoms with Crippen LogP contribution in [-0.2, 0) is 0 Å².